The molecule has 0 saturated carbocycles. The highest BCUT2D eigenvalue weighted by molar-refractivity contribution is 5.81. The molecular weight excluding hydrogens is 166 g/mol. The smallest absolute Gasteiger partial charge is 0.236 e. The van der Waals surface area contributed by atoms with Gasteiger partial charge >= 0.3 is 0 Å². The first-order valence-corrected chi connectivity index (χ1v) is 4.93. The van der Waals surface area contributed by atoms with Crippen LogP contribution < -0.4 is 10.6 Å². The summed E-state index contributed by atoms with van der Waals surface area (Å²) in [6, 6.07) is 1.23. The van der Waals surface area contributed by atoms with Gasteiger partial charge in [0.25, 0.3) is 0 Å². The molecule has 0 spiro atoms. The van der Waals surface area contributed by atoms with E-state index in [-0.39, 0.29) is 11.9 Å². The van der Waals surface area contributed by atoms with Gasteiger partial charge in [0.05, 0.1) is 6.04 Å². The minimum Gasteiger partial charge on any atom is -0.358 e. The maximum Gasteiger partial charge on any atom is 0.236 e. The van der Waals surface area contributed by atoms with E-state index in [4.69, 9.17) is 0 Å². The van der Waals surface area contributed by atoms with Gasteiger partial charge in [-0.1, -0.05) is 0 Å². The van der Waals surface area contributed by atoms with Crippen molar-refractivity contribution in [2.24, 2.45) is 0 Å². The van der Waals surface area contributed by atoms with E-state index in [0.717, 1.165) is 13.1 Å². The molecule has 2 fully saturated rings. The average molecular weight is 183 g/mol. The van der Waals surface area contributed by atoms with Gasteiger partial charge in [-0.05, 0) is 13.3 Å². The zero-order chi connectivity index (χ0) is 9.42. The third-order valence-electron chi connectivity index (χ3n) is 3.22. The molecule has 2 saturated heterocycles. The van der Waals surface area contributed by atoms with Gasteiger partial charge in [-0.15, -0.1) is 0 Å². The van der Waals surface area contributed by atoms with Crippen LogP contribution >= 0.6 is 0 Å². The van der Waals surface area contributed by atoms with E-state index in [1.54, 1.807) is 7.05 Å². The van der Waals surface area contributed by atoms with Gasteiger partial charge in [-0.25, -0.2) is 0 Å². The largest absolute Gasteiger partial charge is 0.358 e. The van der Waals surface area contributed by atoms with Crippen molar-refractivity contribution in [1.82, 2.24) is 15.5 Å². The molecular formula is C9H17N3O. The molecule has 4 heteroatoms. The van der Waals surface area contributed by atoms with E-state index >= 15 is 0 Å². The fourth-order valence-corrected chi connectivity index (χ4v) is 2.43. The molecule has 3 atom stereocenters. The first kappa shape index (κ1) is 8.97. The van der Waals surface area contributed by atoms with Gasteiger partial charge in [-0.3, -0.25) is 9.69 Å². The highest BCUT2D eigenvalue weighted by Gasteiger charge is 2.41. The van der Waals surface area contributed by atoms with E-state index in [2.05, 4.69) is 15.5 Å². The van der Waals surface area contributed by atoms with Crippen LogP contribution in [0.25, 0.3) is 0 Å². The summed E-state index contributed by atoms with van der Waals surface area (Å²) in [5.74, 6) is 0.132. The van der Waals surface area contributed by atoms with E-state index in [0.29, 0.717) is 12.1 Å². The van der Waals surface area contributed by atoms with Gasteiger partial charge < -0.3 is 10.6 Å². The van der Waals surface area contributed by atoms with E-state index in [9.17, 15) is 4.79 Å². The van der Waals surface area contributed by atoms with E-state index in [1.165, 1.54) is 6.42 Å². The molecule has 74 valence electrons. The zero-order valence-corrected chi connectivity index (χ0v) is 8.21. The molecule has 0 radical (unpaired) electrons. The molecule has 2 bridgehead atoms. The third-order valence-corrected chi connectivity index (χ3v) is 3.22. The Labute approximate surface area is 78.7 Å². The van der Waals surface area contributed by atoms with Crippen LogP contribution in [0.2, 0.25) is 0 Å². The monoisotopic (exact) mass is 183 g/mol. The fraction of sp³-hybridized carbons (Fsp3) is 0.889. The summed E-state index contributed by atoms with van der Waals surface area (Å²) in [6.07, 6.45) is 1.21. The number of carbonyl (C=O) groups is 1. The van der Waals surface area contributed by atoms with Crippen molar-refractivity contribution in [2.75, 3.05) is 20.1 Å². The predicted molar refractivity (Wildman–Crippen MR) is 50.4 cm³/mol. The molecule has 4 nitrogen and oxygen atoms in total. The lowest BCUT2D eigenvalue weighted by Crippen LogP contribution is -2.52. The van der Waals surface area contributed by atoms with E-state index in [1.807, 2.05) is 6.92 Å². The Hall–Kier alpha value is -0.610. The maximum atomic E-state index is 11.4. The van der Waals surface area contributed by atoms with Crippen LogP contribution in [0.15, 0.2) is 0 Å². The van der Waals surface area contributed by atoms with Crippen molar-refractivity contribution in [3.8, 4) is 0 Å². The van der Waals surface area contributed by atoms with Gasteiger partial charge in [0.2, 0.25) is 5.91 Å². The number of likely N-dealkylation sites (N-methyl/N-ethyl adjacent to an activating group) is 1. The number of fused-ring (bicyclic) bond motifs is 2. The molecule has 0 aromatic rings. The van der Waals surface area contributed by atoms with Crippen molar-refractivity contribution in [3.63, 3.8) is 0 Å². The summed E-state index contributed by atoms with van der Waals surface area (Å²) >= 11 is 0. The molecule has 3 unspecified atom stereocenters. The minimum atomic E-state index is 0.0297. The van der Waals surface area contributed by atoms with Crippen LogP contribution in [-0.4, -0.2) is 49.1 Å². The highest BCUT2D eigenvalue weighted by atomic mass is 16.2. The molecule has 0 aromatic heterocycles. The van der Waals surface area contributed by atoms with E-state index < -0.39 is 0 Å². The number of amides is 1. The second kappa shape index (κ2) is 3.27. The SMILES string of the molecule is CNC(=O)C(C)N1CC2CC1CN2. The van der Waals surface area contributed by atoms with Crippen molar-refractivity contribution < 1.29 is 4.79 Å². The quantitative estimate of drug-likeness (QED) is 0.587. The summed E-state index contributed by atoms with van der Waals surface area (Å²) in [5.41, 5.74) is 0. The predicted octanol–water partition coefficient (Wildman–Crippen LogP) is -0.833. The van der Waals surface area contributed by atoms with Crippen LogP contribution in [0.3, 0.4) is 0 Å². The fourth-order valence-electron chi connectivity index (χ4n) is 2.43. The molecule has 2 heterocycles. The lowest BCUT2D eigenvalue weighted by atomic mass is 10.2. The first-order valence-electron chi connectivity index (χ1n) is 4.93. The Kier molecular flexibility index (Phi) is 2.26. The Balaban J connectivity index is 1.98. The lowest BCUT2D eigenvalue weighted by molar-refractivity contribution is -0.125. The number of hydrogen-bond donors (Lipinski definition) is 2. The molecule has 2 aliphatic rings. The molecule has 0 aromatic carbocycles. The summed E-state index contributed by atoms with van der Waals surface area (Å²) in [4.78, 5) is 13.7. The van der Waals surface area contributed by atoms with Crippen LogP contribution in [0.1, 0.15) is 13.3 Å². The number of carbonyl (C=O) groups excluding carboxylic acids is 1. The van der Waals surface area contributed by atoms with Gasteiger partial charge in [0.15, 0.2) is 0 Å². The second-order valence-corrected chi connectivity index (χ2v) is 3.98. The van der Waals surface area contributed by atoms with Crippen molar-refractivity contribution in [2.45, 2.75) is 31.5 Å². The molecule has 13 heavy (non-hydrogen) atoms. The van der Waals surface area contributed by atoms with Crippen molar-refractivity contribution in [1.29, 1.82) is 0 Å². The summed E-state index contributed by atoms with van der Waals surface area (Å²) < 4.78 is 0. The third kappa shape index (κ3) is 1.44. The molecule has 0 aliphatic carbocycles. The number of nitrogens with one attached hydrogen (secondary N) is 2. The number of nitrogens with zero attached hydrogens (tertiary/aromatic N) is 1. The minimum absolute atomic E-state index is 0.0297. The first-order chi connectivity index (χ1) is 6.22. The number of piperazine rings is 1. The summed E-state index contributed by atoms with van der Waals surface area (Å²) in [5, 5.41) is 6.12. The van der Waals surface area contributed by atoms with Crippen LogP contribution in [0, 0.1) is 0 Å². The Morgan fingerprint density at radius 1 is 1.69 bits per heavy atom. The maximum absolute atomic E-state index is 11.4. The summed E-state index contributed by atoms with van der Waals surface area (Å²) in [7, 11) is 1.70. The van der Waals surface area contributed by atoms with Crippen LogP contribution in [0.4, 0.5) is 0 Å². The lowest BCUT2D eigenvalue weighted by Gasteiger charge is -2.31. The average Bonchev–Trinajstić information content (AvgIpc) is 2.76. The van der Waals surface area contributed by atoms with Crippen molar-refractivity contribution >= 4 is 5.91 Å². The molecule has 2 aliphatic heterocycles. The number of likely N-dealkylation sites (tertiary alicyclic amines) is 1. The Morgan fingerprint density at radius 2 is 2.46 bits per heavy atom. The molecule has 2 rings (SSSR count). The van der Waals surface area contributed by atoms with Gasteiger partial charge in [0, 0.05) is 32.2 Å². The summed E-state index contributed by atoms with van der Waals surface area (Å²) in [6.45, 7) is 4.06. The standard InChI is InChI=1S/C9H17N3O/c1-6(9(13)10-2)12-5-7-3-8(12)4-11-7/h6-8,11H,3-5H2,1-2H3,(H,10,13). The van der Waals surface area contributed by atoms with Gasteiger partial charge in [-0.2, -0.15) is 0 Å². The van der Waals surface area contributed by atoms with Gasteiger partial charge in [0.1, 0.15) is 0 Å². The second-order valence-electron chi connectivity index (χ2n) is 3.98. The van der Waals surface area contributed by atoms with Crippen molar-refractivity contribution in [3.05, 3.63) is 0 Å². The number of hydrogen-bond acceptors (Lipinski definition) is 3. The zero-order valence-electron chi connectivity index (χ0n) is 8.21. The number of rotatable bonds is 2. The van der Waals surface area contributed by atoms with Crippen LogP contribution in [-0.2, 0) is 4.79 Å². The van der Waals surface area contributed by atoms with Crippen LogP contribution in [0.5, 0.6) is 0 Å². The highest BCUT2D eigenvalue weighted by Crippen LogP contribution is 2.25. The Morgan fingerprint density at radius 3 is 2.92 bits per heavy atom. The Bertz CT molecular complexity index is 219. The molecule has 2 N–H and O–H groups in total. The molecule has 1 amide bonds. The topological polar surface area (TPSA) is 44.4 Å². The normalized spacial score (nSPS) is 34.9.